The molecule has 0 aliphatic heterocycles. The number of halogens is 1. The van der Waals surface area contributed by atoms with E-state index in [0.29, 0.717) is 16.3 Å². The van der Waals surface area contributed by atoms with Gasteiger partial charge in [-0.25, -0.2) is 0 Å². The highest BCUT2D eigenvalue weighted by Crippen LogP contribution is 2.41. The molecule has 1 atom stereocenters. The zero-order valence-corrected chi connectivity index (χ0v) is 11.9. The normalized spacial score (nSPS) is 12.3. The first-order chi connectivity index (χ1) is 9.06. The number of aromatic nitrogens is 1. The molecule has 2 aromatic rings. The summed E-state index contributed by atoms with van der Waals surface area (Å²) in [5.74, 6) is 0.656. The van der Waals surface area contributed by atoms with Crippen molar-refractivity contribution in [2.24, 2.45) is 0 Å². The fourth-order valence-electron chi connectivity index (χ4n) is 2.14. The van der Waals surface area contributed by atoms with Crippen LogP contribution in [-0.2, 0) is 0 Å². The quantitative estimate of drug-likeness (QED) is 0.928. The van der Waals surface area contributed by atoms with E-state index in [4.69, 9.17) is 16.3 Å². The van der Waals surface area contributed by atoms with Gasteiger partial charge in [0.1, 0.15) is 5.75 Å². The van der Waals surface area contributed by atoms with Crippen LogP contribution in [-0.4, -0.2) is 17.2 Å². The highest BCUT2D eigenvalue weighted by Gasteiger charge is 2.19. The molecule has 2 rings (SSSR count). The summed E-state index contributed by atoms with van der Waals surface area (Å²) in [6.45, 7) is 3.63. The van der Waals surface area contributed by atoms with Crippen LogP contribution in [0.1, 0.15) is 24.2 Å². The molecule has 0 aliphatic rings. The van der Waals surface area contributed by atoms with E-state index in [2.05, 4.69) is 4.98 Å². The highest BCUT2D eigenvalue weighted by molar-refractivity contribution is 6.32. The van der Waals surface area contributed by atoms with Crippen molar-refractivity contribution >= 4 is 11.6 Å². The van der Waals surface area contributed by atoms with Crippen LogP contribution in [0.4, 0.5) is 0 Å². The number of ether oxygens (including phenoxy) is 1. The molecule has 3 nitrogen and oxygen atoms in total. The summed E-state index contributed by atoms with van der Waals surface area (Å²) in [4.78, 5) is 4.01. The Hall–Kier alpha value is -1.58. The molecule has 19 heavy (non-hydrogen) atoms. The number of rotatable bonds is 3. The lowest BCUT2D eigenvalue weighted by Crippen LogP contribution is -2.01. The van der Waals surface area contributed by atoms with E-state index in [-0.39, 0.29) is 0 Å². The third-order valence-electron chi connectivity index (χ3n) is 3.13. The molecule has 0 spiro atoms. The van der Waals surface area contributed by atoms with Gasteiger partial charge in [-0.15, -0.1) is 0 Å². The van der Waals surface area contributed by atoms with Gasteiger partial charge in [-0.1, -0.05) is 11.6 Å². The third-order valence-corrected chi connectivity index (χ3v) is 3.52. The van der Waals surface area contributed by atoms with Crippen LogP contribution in [0, 0.1) is 6.92 Å². The largest absolute Gasteiger partial charge is 0.496 e. The van der Waals surface area contributed by atoms with E-state index in [9.17, 15) is 5.11 Å². The van der Waals surface area contributed by atoms with Gasteiger partial charge in [-0.05, 0) is 43.2 Å². The Balaban J connectivity index is 2.78. The van der Waals surface area contributed by atoms with Crippen LogP contribution < -0.4 is 4.74 Å². The lowest BCUT2D eigenvalue weighted by Gasteiger charge is -2.19. The fourth-order valence-corrected chi connectivity index (χ4v) is 2.35. The summed E-state index contributed by atoms with van der Waals surface area (Å²) in [7, 11) is 1.60. The maximum atomic E-state index is 9.87. The predicted molar refractivity (Wildman–Crippen MR) is 76.6 cm³/mol. The molecule has 1 aromatic carbocycles. The van der Waals surface area contributed by atoms with Gasteiger partial charge >= 0.3 is 0 Å². The van der Waals surface area contributed by atoms with Crippen molar-refractivity contribution in [3.05, 3.63) is 46.7 Å². The Morgan fingerprint density at radius 1 is 1.32 bits per heavy atom. The van der Waals surface area contributed by atoms with Gasteiger partial charge in [0.25, 0.3) is 0 Å². The molecule has 0 aliphatic carbocycles. The van der Waals surface area contributed by atoms with Crippen molar-refractivity contribution in [3.63, 3.8) is 0 Å². The molecule has 0 radical (unpaired) electrons. The van der Waals surface area contributed by atoms with Gasteiger partial charge in [0.15, 0.2) is 0 Å². The molecule has 0 fully saturated rings. The molecular formula is C15H16ClNO2. The smallest absolute Gasteiger partial charge is 0.132 e. The molecule has 1 heterocycles. The summed E-state index contributed by atoms with van der Waals surface area (Å²) in [6, 6.07) is 5.55. The Bertz CT molecular complexity index is 582. The summed E-state index contributed by atoms with van der Waals surface area (Å²) in [6.07, 6.45) is 2.79. The Kier molecular flexibility index (Phi) is 4.08. The Morgan fingerprint density at radius 2 is 1.95 bits per heavy atom. The zero-order chi connectivity index (χ0) is 14.0. The van der Waals surface area contributed by atoms with Crippen LogP contribution in [0.5, 0.6) is 5.75 Å². The second-order valence-electron chi connectivity index (χ2n) is 4.39. The van der Waals surface area contributed by atoms with Crippen molar-refractivity contribution in [2.45, 2.75) is 20.0 Å². The van der Waals surface area contributed by atoms with Gasteiger partial charge in [-0.2, -0.15) is 0 Å². The Labute approximate surface area is 117 Å². The lowest BCUT2D eigenvalue weighted by molar-refractivity contribution is 0.194. The fraction of sp³-hybridized carbons (Fsp3) is 0.267. The monoisotopic (exact) mass is 277 g/mol. The van der Waals surface area contributed by atoms with E-state index in [1.807, 2.05) is 19.1 Å². The number of aliphatic hydroxyl groups excluding tert-OH is 1. The van der Waals surface area contributed by atoms with Crippen molar-refractivity contribution < 1.29 is 9.84 Å². The molecule has 0 saturated carbocycles. The van der Waals surface area contributed by atoms with Crippen molar-refractivity contribution in [1.82, 2.24) is 4.98 Å². The van der Waals surface area contributed by atoms with Crippen LogP contribution in [0.25, 0.3) is 11.1 Å². The summed E-state index contributed by atoms with van der Waals surface area (Å²) in [5, 5.41) is 10.5. The Morgan fingerprint density at radius 3 is 2.47 bits per heavy atom. The minimum absolute atomic E-state index is 0.614. The van der Waals surface area contributed by atoms with E-state index >= 15 is 0 Å². The van der Waals surface area contributed by atoms with E-state index in [1.54, 1.807) is 32.5 Å². The molecule has 4 heteroatoms. The molecule has 0 bridgehead atoms. The summed E-state index contributed by atoms with van der Waals surface area (Å²) >= 11 is 6.26. The average Bonchev–Trinajstić information content (AvgIpc) is 2.41. The lowest BCUT2D eigenvalue weighted by atomic mass is 9.95. The number of aliphatic hydroxyl groups is 1. The van der Waals surface area contributed by atoms with Gasteiger partial charge in [0.2, 0.25) is 0 Å². The summed E-state index contributed by atoms with van der Waals surface area (Å²) in [5.41, 5.74) is 3.47. The number of methoxy groups -OCH3 is 1. The third kappa shape index (κ3) is 2.57. The van der Waals surface area contributed by atoms with Crippen molar-refractivity contribution in [2.75, 3.05) is 7.11 Å². The minimum Gasteiger partial charge on any atom is -0.496 e. The van der Waals surface area contributed by atoms with Crippen LogP contribution in [0.15, 0.2) is 30.6 Å². The number of benzene rings is 1. The topological polar surface area (TPSA) is 42.4 Å². The van der Waals surface area contributed by atoms with Gasteiger partial charge in [0.05, 0.1) is 13.2 Å². The number of pyridine rings is 1. The predicted octanol–water partition coefficient (Wildman–Crippen LogP) is 3.77. The molecule has 0 amide bonds. The van der Waals surface area contributed by atoms with Crippen LogP contribution in [0.2, 0.25) is 5.02 Å². The van der Waals surface area contributed by atoms with Crippen molar-refractivity contribution in [1.29, 1.82) is 0 Å². The first kappa shape index (κ1) is 13.8. The maximum Gasteiger partial charge on any atom is 0.132 e. The van der Waals surface area contributed by atoms with Gasteiger partial charge < -0.3 is 9.84 Å². The second-order valence-corrected chi connectivity index (χ2v) is 4.80. The first-order valence-electron chi connectivity index (χ1n) is 6.01. The van der Waals surface area contributed by atoms with Crippen LogP contribution >= 0.6 is 11.6 Å². The first-order valence-corrected chi connectivity index (χ1v) is 6.39. The number of hydrogen-bond donors (Lipinski definition) is 1. The molecule has 1 aromatic heterocycles. The molecule has 1 N–H and O–H groups in total. The number of hydrogen-bond acceptors (Lipinski definition) is 3. The molecule has 1 unspecified atom stereocenters. The minimum atomic E-state index is -0.645. The molecule has 100 valence electrons. The summed E-state index contributed by atoms with van der Waals surface area (Å²) < 4.78 is 5.49. The van der Waals surface area contributed by atoms with Gasteiger partial charge in [-0.3, -0.25) is 4.98 Å². The second kappa shape index (κ2) is 5.59. The van der Waals surface area contributed by atoms with E-state index in [1.165, 1.54) is 0 Å². The van der Waals surface area contributed by atoms with Gasteiger partial charge in [0, 0.05) is 28.5 Å². The highest BCUT2D eigenvalue weighted by atomic mass is 35.5. The van der Waals surface area contributed by atoms with Crippen LogP contribution in [0.3, 0.4) is 0 Å². The maximum absolute atomic E-state index is 9.87. The molecular weight excluding hydrogens is 262 g/mol. The van der Waals surface area contributed by atoms with E-state index in [0.717, 1.165) is 16.7 Å². The van der Waals surface area contributed by atoms with E-state index < -0.39 is 6.10 Å². The zero-order valence-electron chi connectivity index (χ0n) is 11.1. The van der Waals surface area contributed by atoms with Crippen molar-refractivity contribution in [3.8, 4) is 16.9 Å². The average molecular weight is 278 g/mol. The molecule has 0 saturated heterocycles. The number of nitrogens with zero attached hydrogens (tertiary/aromatic N) is 1. The standard InChI is InChI=1S/C15H16ClNO2/c1-9-13(16)8-12(10(2)18)15(19-3)14(9)11-4-6-17-7-5-11/h4-8,10,18H,1-3H3. The SMILES string of the molecule is COc1c(C(C)O)cc(Cl)c(C)c1-c1ccncc1.